The van der Waals surface area contributed by atoms with Gasteiger partial charge < -0.3 is 5.11 Å². The summed E-state index contributed by atoms with van der Waals surface area (Å²) in [6.45, 7) is 7.68. The number of aliphatic hydroxyl groups is 1. The second-order valence-corrected chi connectivity index (χ2v) is 4.62. The van der Waals surface area contributed by atoms with Crippen LogP contribution in [0.25, 0.3) is 0 Å². The molecule has 1 atom stereocenters. The van der Waals surface area contributed by atoms with Gasteiger partial charge in [0.25, 0.3) is 0 Å². The van der Waals surface area contributed by atoms with Gasteiger partial charge in [-0.05, 0) is 30.4 Å². The van der Waals surface area contributed by atoms with Crippen LogP contribution in [0.3, 0.4) is 0 Å². The Morgan fingerprint density at radius 3 is 2.43 bits per heavy atom. The lowest BCUT2D eigenvalue weighted by Gasteiger charge is -2.19. The van der Waals surface area contributed by atoms with Gasteiger partial charge in [0.05, 0.1) is 6.10 Å². The first kappa shape index (κ1) is 11.2. The van der Waals surface area contributed by atoms with Crippen LogP contribution in [0.5, 0.6) is 0 Å². The third kappa shape index (κ3) is 2.13. The van der Waals surface area contributed by atoms with Gasteiger partial charge in [-0.15, -0.1) is 0 Å². The summed E-state index contributed by atoms with van der Waals surface area (Å²) in [4.78, 5) is 11.5. The number of hydrogen-bond donors (Lipinski definition) is 1. The highest BCUT2D eigenvalue weighted by molar-refractivity contribution is 5.99. The summed E-state index contributed by atoms with van der Waals surface area (Å²) in [6.07, 6.45) is 3.73. The van der Waals surface area contributed by atoms with Crippen LogP contribution < -0.4 is 0 Å². The van der Waals surface area contributed by atoms with Crippen LogP contribution in [-0.2, 0) is 4.79 Å². The average Bonchev–Trinajstić information content (AvgIpc) is 2.19. The van der Waals surface area contributed by atoms with E-state index in [-0.39, 0.29) is 11.2 Å². The van der Waals surface area contributed by atoms with Gasteiger partial charge in [-0.1, -0.05) is 26.0 Å². The minimum absolute atomic E-state index is 0.0768. The summed E-state index contributed by atoms with van der Waals surface area (Å²) in [7, 11) is 0. The zero-order valence-electron chi connectivity index (χ0n) is 9.29. The minimum atomic E-state index is -0.457. The van der Waals surface area contributed by atoms with Crippen LogP contribution in [-0.4, -0.2) is 17.0 Å². The highest BCUT2D eigenvalue weighted by Gasteiger charge is 2.34. The molecule has 0 aromatic carbocycles. The topological polar surface area (TPSA) is 37.3 Å². The lowest BCUT2D eigenvalue weighted by atomic mass is 9.85. The molecule has 1 N–H and O–H groups in total. The van der Waals surface area contributed by atoms with Crippen LogP contribution in [0.4, 0.5) is 0 Å². The summed E-state index contributed by atoms with van der Waals surface area (Å²) in [5.74, 6) is 0.222. The van der Waals surface area contributed by atoms with E-state index in [1.165, 1.54) is 0 Å². The monoisotopic (exact) mass is 194 g/mol. The van der Waals surface area contributed by atoms with Crippen LogP contribution >= 0.6 is 0 Å². The van der Waals surface area contributed by atoms with E-state index in [1.54, 1.807) is 13.0 Å². The fraction of sp³-hybridized carbons (Fsp3) is 0.583. The smallest absolute Gasteiger partial charge is 0.159 e. The van der Waals surface area contributed by atoms with Gasteiger partial charge in [-0.25, -0.2) is 0 Å². The van der Waals surface area contributed by atoms with Gasteiger partial charge in [-0.3, -0.25) is 4.79 Å². The molecule has 0 fully saturated rings. The molecule has 14 heavy (non-hydrogen) atoms. The van der Waals surface area contributed by atoms with Gasteiger partial charge in [0.1, 0.15) is 0 Å². The predicted molar refractivity (Wildman–Crippen MR) is 56.9 cm³/mol. The molecule has 0 saturated heterocycles. The lowest BCUT2D eigenvalue weighted by Crippen LogP contribution is -2.10. The van der Waals surface area contributed by atoms with E-state index in [1.807, 2.05) is 13.0 Å². The van der Waals surface area contributed by atoms with Crippen molar-refractivity contribution >= 4 is 5.78 Å². The number of carbonyl (C=O) groups is 1. The summed E-state index contributed by atoms with van der Waals surface area (Å²) >= 11 is 0. The molecule has 0 aromatic rings. The quantitative estimate of drug-likeness (QED) is 0.732. The Balaban J connectivity index is 2.99. The molecular formula is C12H18O2. The van der Waals surface area contributed by atoms with Crippen LogP contribution in [0, 0.1) is 5.41 Å². The highest BCUT2D eigenvalue weighted by Crippen LogP contribution is 2.40. The fourth-order valence-electron chi connectivity index (χ4n) is 1.87. The first-order valence-corrected chi connectivity index (χ1v) is 4.95. The average molecular weight is 194 g/mol. The Kier molecular flexibility index (Phi) is 2.95. The normalized spacial score (nSPS) is 23.6. The van der Waals surface area contributed by atoms with Crippen molar-refractivity contribution in [3.05, 3.63) is 23.3 Å². The van der Waals surface area contributed by atoms with Crippen molar-refractivity contribution in [1.82, 2.24) is 0 Å². The number of hydrogen-bond acceptors (Lipinski definition) is 2. The number of rotatable bonds is 2. The molecule has 1 rings (SSSR count). The Hall–Kier alpha value is -0.890. The van der Waals surface area contributed by atoms with Crippen LogP contribution in [0.15, 0.2) is 23.3 Å². The Morgan fingerprint density at radius 2 is 2.07 bits per heavy atom. The van der Waals surface area contributed by atoms with E-state index < -0.39 is 6.10 Å². The van der Waals surface area contributed by atoms with Crippen LogP contribution in [0.1, 0.15) is 34.1 Å². The molecule has 0 spiro atoms. The Labute approximate surface area is 85.3 Å². The third-order valence-corrected chi connectivity index (χ3v) is 2.70. The number of carbonyl (C=O) groups excluding carboxylic acids is 1. The largest absolute Gasteiger partial charge is 0.389 e. The van der Waals surface area contributed by atoms with Crippen molar-refractivity contribution < 1.29 is 9.90 Å². The second kappa shape index (κ2) is 3.70. The van der Waals surface area contributed by atoms with Crippen molar-refractivity contribution in [2.45, 2.75) is 40.2 Å². The highest BCUT2D eigenvalue weighted by atomic mass is 16.3. The molecule has 1 unspecified atom stereocenters. The summed E-state index contributed by atoms with van der Waals surface area (Å²) in [5.41, 5.74) is 1.82. The van der Waals surface area contributed by atoms with E-state index in [0.29, 0.717) is 6.42 Å². The zero-order chi connectivity index (χ0) is 10.9. The maximum Gasteiger partial charge on any atom is 0.159 e. The zero-order valence-corrected chi connectivity index (χ0v) is 9.29. The van der Waals surface area contributed by atoms with Crippen molar-refractivity contribution in [3.8, 4) is 0 Å². The van der Waals surface area contributed by atoms with Crippen LogP contribution in [0.2, 0.25) is 0 Å². The van der Waals surface area contributed by atoms with Crippen molar-refractivity contribution in [2.75, 3.05) is 0 Å². The second-order valence-electron chi connectivity index (χ2n) is 4.62. The van der Waals surface area contributed by atoms with E-state index in [0.717, 1.165) is 11.1 Å². The molecule has 0 radical (unpaired) electrons. The van der Waals surface area contributed by atoms with Gasteiger partial charge in [0, 0.05) is 6.42 Å². The first-order chi connectivity index (χ1) is 6.34. The van der Waals surface area contributed by atoms with Gasteiger partial charge in [0.2, 0.25) is 0 Å². The van der Waals surface area contributed by atoms with E-state index >= 15 is 0 Å². The standard InChI is InChI=1S/C12H18O2/c1-8(13)5-6-10-9(2)11(14)7-12(10,3)4/h5-6,8,13H,7H2,1-4H3/b6-5+. The Bertz CT molecular complexity index is 306. The van der Waals surface area contributed by atoms with Gasteiger partial charge >= 0.3 is 0 Å². The molecule has 0 bridgehead atoms. The molecule has 78 valence electrons. The number of allylic oxidation sites excluding steroid dienone is 3. The van der Waals surface area contributed by atoms with Crippen molar-refractivity contribution in [3.63, 3.8) is 0 Å². The summed E-state index contributed by atoms with van der Waals surface area (Å²) in [5, 5.41) is 9.14. The van der Waals surface area contributed by atoms with E-state index in [4.69, 9.17) is 5.11 Å². The molecule has 1 aliphatic rings. The number of aliphatic hydroxyl groups excluding tert-OH is 1. The summed E-state index contributed by atoms with van der Waals surface area (Å²) in [6, 6.07) is 0. The molecule has 2 nitrogen and oxygen atoms in total. The molecule has 0 amide bonds. The molecule has 0 aromatic heterocycles. The molecule has 2 heteroatoms. The van der Waals surface area contributed by atoms with Gasteiger partial charge in [-0.2, -0.15) is 0 Å². The molecule has 0 aliphatic heterocycles. The molecular weight excluding hydrogens is 176 g/mol. The maximum atomic E-state index is 11.5. The minimum Gasteiger partial charge on any atom is -0.389 e. The first-order valence-electron chi connectivity index (χ1n) is 4.95. The molecule has 0 saturated carbocycles. The maximum absolute atomic E-state index is 11.5. The van der Waals surface area contributed by atoms with Crippen molar-refractivity contribution in [1.29, 1.82) is 0 Å². The van der Waals surface area contributed by atoms with Gasteiger partial charge in [0.15, 0.2) is 5.78 Å². The fourth-order valence-corrected chi connectivity index (χ4v) is 1.87. The SMILES string of the molecule is CC1=C(/C=C/C(C)O)C(C)(C)CC1=O. The van der Waals surface area contributed by atoms with E-state index in [2.05, 4.69) is 13.8 Å². The summed E-state index contributed by atoms with van der Waals surface area (Å²) < 4.78 is 0. The third-order valence-electron chi connectivity index (χ3n) is 2.70. The van der Waals surface area contributed by atoms with Crippen molar-refractivity contribution in [2.24, 2.45) is 5.41 Å². The molecule has 1 aliphatic carbocycles. The number of ketones is 1. The van der Waals surface area contributed by atoms with E-state index in [9.17, 15) is 4.79 Å². The lowest BCUT2D eigenvalue weighted by molar-refractivity contribution is -0.115. The Morgan fingerprint density at radius 1 is 1.50 bits per heavy atom. The number of Topliss-reactive ketones (excluding diaryl/α,β-unsaturated/α-hetero) is 1. The predicted octanol–water partition coefficient (Wildman–Crippen LogP) is 2.24. The molecule has 0 heterocycles.